The SMILES string of the molecule is CCCNC(Cc1ccccn1)c1cccc(Br)c1C. The Kier molecular flexibility index (Phi) is 5.74. The zero-order valence-electron chi connectivity index (χ0n) is 12.1. The zero-order valence-corrected chi connectivity index (χ0v) is 13.7. The molecule has 2 rings (SSSR count). The Labute approximate surface area is 129 Å². The van der Waals surface area contributed by atoms with E-state index in [-0.39, 0.29) is 0 Å². The first-order valence-corrected chi connectivity index (χ1v) is 7.90. The highest BCUT2D eigenvalue weighted by atomic mass is 79.9. The average molecular weight is 333 g/mol. The maximum atomic E-state index is 4.45. The van der Waals surface area contributed by atoms with Crippen molar-refractivity contribution in [3.05, 3.63) is 63.9 Å². The first kappa shape index (κ1) is 15.2. The number of hydrogen-bond acceptors (Lipinski definition) is 2. The van der Waals surface area contributed by atoms with Crippen LogP contribution in [0.2, 0.25) is 0 Å². The highest BCUT2D eigenvalue weighted by Crippen LogP contribution is 2.26. The molecule has 2 aromatic rings. The first-order chi connectivity index (χ1) is 9.72. The van der Waals surface area contributed by atoms with E-state index in [1.807, 2.05) is 18.3 Å². The van der Waals surface area contributed by atoms with Crippen LogP contribution in [0.4, 0.5) is 0 Å². The lowest BCUT2D eigenvalue weighted by molar-refractivity contribution is 0.522. The van der Waals surface area contributed by atoms with E-state index in [0.717, 1.165) is 25.1 Å². The number of nitrogens with zero attached hydrogens (tertiary/aromatic N) is 1. The number of aromatic nitrogens is 1. The van der Waals surface area contributed by atoms with Crippen LogP contribution >= 0.6 is 15.9 Å². The molecule has 1 N–H and O–H groups in total. The minimum absolute atomic E-state index is 0.308. The standard InChI is InChI=1S/C17H21BrN2/c1-3-10-20-17(12-14-7-4-5-11-19-14)15-8-6-9-16(18)13(15)2/h4-9,11,17,20H,3,10,12H2,1-2H3. The van der Waals surface area contributed by atoms with E-state index in [4.69, 9.17) is 0 Å². The van der Waals surface area contributed by atoms with Gasteiger partial charge < -0.3 is 5.32 Å². The topological polar surface area (TPSA) is 24.9 Å². The summed E-state index contributed by atoms with van der Waals surface area (Å²) < 4.78 is 1.17. The van der Waals surface area contributed by atoms with Crippen molar-refractivity contribution >= 4 is 15.9 Å². The smallest absolute Gasteiger partial charge is 0.0422 e. The van der Waals surface area contributed by atoms with Crippen LogP contribution in [0.25, 0.3) is 0 Å². The van der Waals surface area contributed by atoms with Gasteiger partial charge in [0.15, 0.2) is 0 Å². The summed E-state index contributed by atoms with van der Waals surface area (Å²) in [6, 6.07) is 12.8. The highest BCUT2D eigenvalue weighted by molar-refractivity contribution is 9.10. The molecule has 20 heavy (non-hydrogen) atoms. The van der Waals surface area contributed by atoms with Crippen molar-refractivity contribution in [2.75, 3.05) is 6.54 Å². The van der Waals surface area contributed by atoms with E-state index in [9.17, 15) is 0 Å². The fraction of sp³-hybridized carbons (Fsp3) is 0.353. The van der Waals surface area contributed by atoms with Crippen LogP contribution < -0.4 is 5.32 Å². The third-order valence-corrected chi connectivity index (χ3v) is 4.32. The summed E-state index contributed by atoms with van der Waals surface area (Å²) in [6.45, 7) is 5.38. The quantitative estimate of drug-likeness (QED) is 0.846. The number of nitrogens with one attached hydrogen (secondary N) is 1. The molecule has 0 fully saturated rings. The normalized spacial score (nSPS) is 12.3. The van der Waals surface area contributed by atoms with Gasteiger partial charge in [0.2, 0.25) is 0 Å². The Morgan fingerprint density at radius 1 is 1.20 bits per heavy atom. The molecule has 1 heterocycles. The zero-order chi connectivity index (χ0) is 14.4. The van der Waals surface area contributed by atoms with Gasteiger partial charge in [-0.05, 0) is 49.2 Å². The molecule has 1 aromatic heterocycles. The lowest BCUT2D eigenvalue weighted by atomic mass is 9.97. The van der Waals surface area contributed by atoms with Gasteiger partial charge in [0.25, 0.3) is 0 Å². The molecule has 0 radical (unpaired) electrons. The summed E-state index contributed by atoms with van der Waals surface area (Å²) in [6.07, 6.45) is 3.91. The second-order valence-corrected chi connectivity index (χ2v) is 5.84. The third-order valence-electron chi connectivity index (χ3n) is 3.47. The van der Waals surface area contributed by atoms with Crippen LogP contribution in [0, 0.1) is 6.92 Å². The number of benzene rings is 1. The fourth-order valence-electron chi connectivity index (χ4n) is 2.34. The molecule has 0 aliphatic carbocycles. The molecule has 106 valence electrons. The van der Waals surface area contributed by atoms with Gasteiger partial charge in [-0.15, -0.1) is 0 Å². The van der Waals surface area contributed by atoms with Crippen LogP contribution in [-0.2, 0) is 6.42 Å². The second kappa shape index (κ2) is 7.55. The monoisotopic (exact) mass is 332 g/mol. The van der Waals surface area contributed by atoms with Gasteiger partial charge in [0.1, 0.15) is 0 Å². The van der Waals surface area contributed by atoms with Crippen molar-refractivity contribution in [2.45, 2.75) is 32.7 Å². The summed E-state index contributed by atoms with van der Waals surface area (Å²) in [7, 11) is 0. The largest absolute Gasteiger partial charge is 0.310 e. The van der Waals surface area contributed by atoms with Crippen molar-refractivity contribution < 1.29 is 0 Å². The molecule has 0 saturated heterocycles. The molecule has 1 atom stereocenters. The van der Waals surface area contributed by atoms with Crippen LogP contribution in [-0.4, -0.2) is 11.5 Å². The van der Waals surface area contributed by atoms with Crippen molar-refractivity contribution in [1.82, 2.24) is 10.3 Å². The first-order valence-electron chi connectivity index (χ1n) is 7.10. The van der Waals surface area contributed by atoms with Crippen molar-refractivity contribution in [2.24, 2.45) is 0 Å². The lowest BCUT2D eigenvalue weighted by Gasteiger charge is -2.21. The van der Waals surface area contributed by atoms with Gasteiger partial charge >= 0.3 is 0 Å². The lowest BCUT2D eigenvalue weighted by Crippen LogP contribution is -2.25. The highest BCUT2D eigenvalue weighted by Gasteiger charge is 2.15. The predicted molar refractivity (Wildman–Crippen MR) is 87.9 cm³/mol. The molecular weight excluding hydrogens is 312 g/mol. The Balaban J connectivity index is 2.25. The molecule has 0 aliphatic rings. The minimum Gasteiger partial charge on any atom is -0.310 e. The van der Waals surface area contributed by atoms with Crippen molar-refractivity contribution in [1.29, 1.82) is 0 Å². The molecular formula is C17H21BrN2. The Morgan fingerprint density at radius 3 is 2.75 bits per heavy atom. The number of halogens is 1. The molecule has 0 saturated carbocycles. The molecule has 2 nitrogen and oxygen atoms in total. The van der Waals surface area contributed by atoms with Crippen LogP contribution in [0.3, 0.4) is 0 Å². The Hall–Kier alpha value is -1.19. The van der Waals surface area contributed by atoms with Gasteiger partial charge in [-0.1, -0.05) is 41.1 Å². The van der Waals surface area contributed by atoms with Crippen LogP contribution in [0.1, 0.15) is 36.2 Å². The maximum Gasteiger partial charge on any atom is 0.0422 e. The molecule has 1 aromatic carbocycles. The maximum absolute atomic E-state index is 4.45. The second-order valence-electron chi connectivity index (χ2n) is 4.99. The average Bonchev–Trinajstić information content (AvgIpc) is 2.48. The van der Waals surface area contributed by atoms with Crippen LogP contribution in [0.5, 0.6) is 0 Å². The van der Waals surface area contributed by atoms with E-state index in [0.29, 0.717) is 6.04 Å². The molecule has 1 unspecified atom stereocenters. The predicted octanol–water partition coefficient (Wildman–Crippen LogP) is 4.44. The summed E-state index contributed by atoms with van der Waals surface area (Å²) in [5, 5.41) is 3.64. The van der Waals surface area contributed by atoms with Crippen molar-refractivity contribution in [3.63, 3.8) is 0 Å². The van der Waals surface area contributed by atoms with Gasteiger partial charge in [0, 0.05) is 28.8 Å². The summed E-state index contributed by atoms with van der Waals surface area (Å²) in [5.41, 5.74) is 3.77. The van der Waals surface area contributed by atoms with E-state index in [1.54, 1.807) is 0 Å². The van der Waals surface area contributed by atoms with Gasteiger partial charge in [-0.3, -0.25) is 4.98 Å². The minimum atomic E-state index is 0.308. The van der Waals surface area contributed by atoms with E-state index in [2.05, 4.69) is 64.3 Å². The number of hydrogen-bond donors (Lipinski definition) is 1. The number of pyridine rings is 1. The Bertz CT molecular complexity index is 540. The summed E-state index contributed by atoms with van der Waals surface area (Å²) >= 11 is 3.62. The molecule has 0 bridgehead atoms. The fourth-order valence-corrected chi connectivity index (χ4v) is 2.72. The molecule has 0 spiro atoms. The van der Waals surface area contributed by atoms with Gasteiger partial charge in [-0.2, -0.15) is 0 Å². The van der Waals surface area contributed by atoms with E-state index < -0.39 is 0 Å². The number of rotatable bonds is 6. The summed E-state index contributed by atoms with van der Waals surface area (Å²) in [5.74, 6) is 0. The molecule has 0 aliphatic heterocycles. The molecule has 0 amide bonds. The van der Waals surface area contributed by atoms with E-state index in [1.165, 1.54) is 15.6 Å². The Morgan fingerprint density at radius 2 is 2.05 bits per heavy atom. The van der Waals surface area contributed by atoms with Crippen LogP contribution in [0.15, 0.2) is 47.1 Å². The van der Waals surface area contributed by atoms with E-state index >= 15 is 0 Å². The molecule has 3 heteroatoms. The van der Waals surface area contributed by atoms with Crippen molar-refractivity contribution in [3.8, 4) is 0 Å². The summed E-state index contributed by atoms with van der Waals surface area (Å²) in [4.78, 5) is 4.45. The van der Waals surface area contributed by atoms with Gasteiger partial charge in [-0.25, -0.2) is 0 Å². The van der Waals surface area contributed by atoms with Gasteiger partial charge in [0.05, 0.1) is 0 Å². The third kappa shape index (κ3) is 3.90.